The van der Waals surface area contributed by atoms with Gasteiger partial charge in [0.2, 0.25) is 0 Å². The minimum Gasteiger partial charge on any atom is -0.390 e. The van der Waals surface area contributed by atoms with Crippen LogP contribution in [-0.2, 0) is 6.54 Å². The smallest absolute Gasteiger partial charge is 0.0644 e. The third kappa shape index (κ3) is 3.27. The van der Waals surface area contributed by atoms with Gasteiger partial charge in [0.25, 0.3) is 0 Å². The number of halogens is 1. The molecule has 16 heavy (non-hydrogen) atoms. The van der Waals surface area contributed by atoms with Gasteiger partial charge in [0, 0.05) is 36.5 Å². The summed E-state index contributed by atoms with van der Waals surface area (Å²) in [6, 6.07) is 2.10. The van der Waals surface area contributed by atoms with Crippen LogP contribution in [0.5, 0.6) is 0 Å². The van der Waals surface area contributed by atoms with Crippen LogP contribution >= 0.6 is 15.9 Å². The zero-order valence-electron chi connectivity index (χ0n) is 9.49. The molecule has 0 atom stereocenters. The van der Waals surface area contributed by atoms with Gasteiger partial charge in [0.1, 0.15) is 0 Å². The Hall–Kier alpha value is -0.450. The van der Waals surface area contributed by atoms with E-state index < -0.39 is 5.60 Å². The summed E-state index contributed by atoms with van der Waals surface area (Å²) in [5, 5.41) is 9.86. The molecule has 1 saturated heterocycles. The van der Waals surface area contributed by atoms with Crippen molar-refractivity contribution in [1.82, 2.24) is 9.88 Å². The molecule has 1 aromatic heterocycles. The Balaban J connectivity index is 1.92. The van der Waals surface area contributed by atoms with Crippen molar-refractivity contribution in [2.45, 2.75) is 31.9 Å². The molecule has 1 aliphatic heterocycles. The van der Waals surface area contributed by atoms with Gasteiger partial charge in [0.15, 0.2) is 0 Å². The lowest BCUT2D eigenvalue weighted by Crippen LogP contribution is -2.41. The van der Waals surface area contributed by atoms with Crippen LogP contribution in [0.4, 0.5) is 0 Å². The summed E-state index contributed by atoms with van der Waals surface area (Å²) >= 11 is 3.42. The fourth-order valence-electron chi connectivity index (χ4n) is 1.99. The van der Waals surface area contributed by atoms with E-state index in [4.69, 9.17) is 0 Å². The minimum absolute atomic E-state index is 0.466. The van der Waals surface area contributed by atoms with E-state index in [1.165, 1.54) is 5.56 Å². The van der Waals surface area contributed by atoms with E-state index in [2.05, 4.69) is 31.9 Å². The number of nitrogens with zero attached hydrogens (tertiary/aromatic N) is 2. The summed E-state index contributed by atoms with van der Waals surface area (Å²) < 4.78 is 1.02. The summed E-state index contributed by atoms with van der Waals surface area (Å²) in [6.07, 6.45) is 5.41. The molecular formula is C12H17BrN2O. The highest BCUT2D eigenvalue weighted by Crippen LogP contribution is 2.22. The molecule has 4 heteroatoms. The largest absolute Gasteiger partial charge is 0.390 e. The monoisotopic (exact) mass is 284 g/mol. The molecule has 0 aliphatic carbocycles. The van der Waals surface area contributed by atoms with Crippen molar-refractivity contribution in [3.63, 3.8) is 0 Å². The second kappa shape index (κ2) is 4.82. The van der Waals surface area contributed by atoms with E-state index in [-0.39, 0.29) is 0 Å². The van der Waals surface area contributed by atoms with Gasteiger partial charge in [-0.25, -0.2) is 0 Å². The number of hydrogen-bond donors (Lipinski definition) is 1. The Morgan fingerprint density at radius 1 is 1.44 bits per heavy atom. The summed E-state index contributed by atoms with van der Waals surface area (Å²) in [5.74, 6) is 0. The van der Waals surface area contributed by atoms with E-state index >= 15 is 0 Å². The normalized spacial score (nSPS) is 20.9. The van der Waals surface area contributed by atoms with Crippen molar-refractivity contribution in [2.24, 2.45) is 0 Å². The number of aromatic nitrogens is 1. The van der Waals surface area contributed by atoms with Crippen molar-refractivity contribution in [2.75, 3.05) is 13.1 Å². The molecule has 1 aliphatic rings. The zero-order valence-corrected chi connectivity index (χ0v) is 11.1. The molecule has 0 radical (unpaired) electrons. The molecular weight excluding hydrogens is 268 g/mol. The number of hydrogen-bond acceptors (Lipinski definition) is 3. The van der Waals surface area contributed by atoms with Crippen LogP contribution in [0.3, 0.4) is 0 Å². The average molecular weight is 285 g/mol. The third-order valence-electron chi connectivity index (χ3n) is 3.10. The van der Waals surface area contributed by atoms with E-state index in [9.17, 15) is 5.11 Å². The Labute approximate surface area is 105 Å². The van der Waals surface area contributed by atoms with Gasteiger partial charge in [-0.05, 0) is 47.3 Å². The maximum Gasteiger partial charge on any atom is 0.0644 e. The zero-order chi connectivity index (χ0) is 11.6. The van der Waals surface area contributed by atoms with Crippen LogP contribution in [0, 0.1) is 0 Å². The molecule has 1 fully saturated rings. The van der Waals surface area contributed by atoms with E-state index in [0.29, 0.717) is 0 Å². The van der Waals surface area contributed by atoms with Gasteiger partial charge in [-0.3, -0.25) is 9.88 Å². The number of pyridine rings is 1. The molecule has 0 spiro atoms. The van der Waals surface area contributed by atoms with Gasteiger partial charge in [-0.2, -0.15) is 0 Å². The Morgan fingerprint density at radius 2 is 2.12 bits per heavy atom. The van der Waals surface area contributed by atoms with Crippen molar-refractivity contribution in [3.8, 4) is 0 Å². The number of aliphatic hydroxyl groups is 1. The first-order valence-corrected chi connectivity index (χ1v) is 6.39. The predicted molar refractivity (Wildman–Crippen MR) is 67.1 cm³/mol. The maximum absolute atomic E-state index is 9.86. The lowest BCUT2D eigenvalue weighted by atomic mass is 9.94. The van der Waals surface area contributed by atoms with Gasteiger partial charge in [-0.1, -0.05) is 0 Å². The fourth-order valence-corrected chi connectivity index (χ4v) is 2.41. The Kier molecular flexibility index (Phi) is 3.62. The Morgan fingerprint density at radius 3 is 2.75 bits per heavy atom. The first-order chi connectivity index (χ1) is 7.55. The molecule has 0 amide bonds. The minimum atomic E-state index is -0.466. The van der Waals surface area contributed by atoms with E-state index in [1.807, 2.05) is 13.1 Å². The fraction of sp³-hybridized carbons (Fsp3) is 0.583. The van der Waals surface area contributed by atoms with Crippen molar-refractivity contribution >= 4 is 15.9 Å². The van der Waals surface area contributed by atoms with E-state index in [1.54, 1.807) is 6.20 Å². The quantitative estimate of drug-likeness (QED) is 0.905. The molecule has 3 nitrogen and oxygen atoms in total. The van der Waals surface area contributed by atoms with Gasteiger partial charge in [0.05, 0.1) is 5.60 Å². The molecule has 1 N–H and O–H groups in total. The van der Waals surface area contributed by atoms with Crippen LogP contribution in [0.2, 0.25) is 0 Å². The van der Waals surface area contributed by atoms with Gasteiger partial charge < -0.3 is 5.11 Å². The number of rotatable bonds is 2. The molecule has 0 bridgehead atoms. The molecule has 0 saturated carbocycles. The molecule has 2 heterocycles. The number of piperidine rings is 1. The first kappa shape index (κ1) is 12.0. The lowest BCUT2D eigenvalue weighted by molar-refractivity contribution is -0.00732. The van der Waals surface area contributed by atoms with Crippen LogP contribution in [-0.4, -0.2) is 33.7 Å². The highest BCUT2D eigenvalue weighted by Gasteiger charge is 2.27. The van der Waals surface area contributed by atoms with Gasteiger partial charge >= 0.3 is 0 Å². The van der Waals surface area contributed by atoms with Crippen LogP contribution < -0.4 is 0 Å². The average Bonchev–Trinajstić information content (AvgIpc) is 2.21. The SMILES string of the molecule is CC1(O)CCN(Cc2cncc(Br)c2)CC1. The maximum atomic E-state index is 9.86. The molecule has 2 rings (SSSR count). The third-order valence-corrected chi connectivity index (χ3v) is 3.53. The molecule has 0 aromatic carbocycles. The van der Waals surface area contributed by atoms with E-state index in [0.717, 1.165) is 36.9 Å². The topological polar surface area (TPSA) is 36.4 Å². The van der Waals surface area contributed by atoms with Crippen LogP contribution in [0.15, 0.2) is 22.9 Å². The van der Waals surface area contributed by atoms with Crippen molar-refractivity contribution in [1.29, 1.82) is 0 Å². The molecule has 1 aromatic rings. The second-order valence-corrected chi connectivity index (χ2v) is 5.70. The van der Waals surface area contributed by atoms with Gasteiger partial charge in [-0.15, -0.1) is 0 Å². The second-order valence-electron chi connectivity index (χ2n) is 4.78. The highest BCUT2D eigenvalue weighted by molar-refractivity contribution is 9.10. The summed E-state index contributed by atoms with van der Waals surface area (Å²) in [7, 11) is 0. The van der Waals surface area contributed by atoms with Crippen molar-refractivity contribution < 1.29 is 5.11 Å². The molecule has 88 valence electrons. The Bertz CT molecular complexity index is 358. The standard InChI is InChI=1S/C12H17BrN2O/c1-12(16)2-4-15(5-3-12)9-10-6-11(13)8-14-7-10/h6-8,16H,2-5,9H2,1H3. The number of likely N-dealkylation sites (tertiary alicyclic amines) is 1. The molecule has 0 unspecified atom stereocenters. The summed E-state index contributed by atoms with van der Waals surface area (Å²) in [6.45, 7) is 4.76. The summed E-state index contributed by atoms with van der Waals surface area (Å²) in [4.78, 5) is 6.52. The highest BCUT2D eigenvalue weighted by atomic mass is 79.9. The lowest BCUT2D eigenvalue weighted by Gasteiger charge is -2.35. The predicted octanol–water partition coefficient (Wildman–Crippen LogP) is 2.19. The van der Waals surface area contributed by atoms with Crippen LogP contribution in [0.1, 0.15) is 25.3 Å². The summed E-state index contributed by atoms with van der Waals surface area (Å²) in [5.41, 5.74) is 0.752. The first-order valence-electron chi connectivity index (χ1n) is 5.59. The van der Waals surface area contributed by atoms with Crippen molar-refractivity contribution in [3.05, 3.63) is 28.5 Å². The van der Waals surface area contributed by atoms with Crippen LogP contribution in [0.25, 0.3) is 0 Å².